The second-order valence-corrected chi connectivity index (χ2v) is 4.67. The molecule has 1 aliphatic rings. The van der Waals surface area contributed by atoms with Gasteiger partial charge in [-0.2, -0.15) is 0 Å². The summed E-state index contributed by atoms with van der Waals surface area (Å²) in [5, 5.41) is 0. The molecule has 16 heavy (non-hydrogen) atoms. The van der Waals surface area contributed by atoms with Crippen molar-refractivity contribution in [3.8, 4) is 0 Å². The van der Waals surface area contributed by atoms with Gasteiger partial charge in [-0.3, -0.25) is 4.79 Å². The van der Waals surface area contributed by atoms with Crippen LogP contribution >= 0.6 is 0 Å². The maximum absolute atomic E-state index is 11.5. The first-order chi connectivity index (χ1) is 7.72. The third-order valence-electron chi connectivity index (χ3n) is 3.37. The van der Waals surface area contributed by atoms with Gasteiger partial charge < -0.3 is 9.69 Å². The van der Waals surface area contributed by atoms with E-state index in [-0.39, 0.29) is 11.7 Å². The summed E-state index contributed by atoms with van der Waals surface area (Å²) in [6.45, 7) is 6.51. The van der Waals surface area contributed by atoms with Crippen molar-refractivity contribution in [2.75, 3.05) is 13.1 Å². The lowest BCUT2D eigenvalue weighted by molar-refractivity contribution is -0.130. The Balaban J connectivity index is 2.56. The van der Waals surface area contributed by atoms with Crippen LogP contribution in [0, 0.1) is 5.92 Å². The van der Waals surface area contributed by atoms with Gasteiger partial charge in [-0.05, 0) is 38.8 Å². The molecule has 0 aromatic heterocycles. The third kappa shape index (κ3) is 3.41. The Bertz CT molecular complexity index is 234. The number of carbonyl (C=O) groups is 2. The molecule has 0 N–H and O–H groups in total. The first kappa shape index (κ1) is 13.4. The fourth-order valence-corrected chi connectivity index (χ4v) is 2.55. The number of rotatable bonds is 6. The van der Waals surface area contributed by atoms with E-state index in [2.05, 4.69) is 18.7 Å². The first-order valence-corrected chi connectivity index (χ1v) is 6.45. The van der Waals surface area contributed by atoms with Crippen molar-refractivity contribution in [1.82, 2.24) is 4.90 Å². The first-order valence-electron chi connectivity index (χ1n) is 6.45. The van der Waals surface area contributed by atoms with Crippen LogP contribution in [0.4, 0.5) is 0 Å². The Morgan fingerprint density at radius 3 is 2.44 bits per heavy atom. The van der Waals surface area contributed by atoms with Crippen LogP contribution in [0.3, 0.4) is 0 Å². The molecular weight excluding hydrogens is 202 g/mol. The highest BCUT2D eigenvalue weighted by Crippen LogP contribution is 2.24. The predicted molar refractivity (Wildman–Crippen MR) is 64.4 cm³/mol. The molecule has 3 heteroatoms. The molecule has 0 saturated heterocycles. The van der Waals surface area contributed by atoms with E-state index < -0.39 is 0 Å². The molecule has 1 fully saturated rings. The zero-order chi connectivity index (χ0) is 12.0. The summed E-state index contributed by atoms with van der Waals surface area (Å²) in [7, 11) is 0. The predicted octanol–water partition coefficient (Wildman–Crippen LogP) is 2.05. The van der Waals surface area contributed by atoms with Crippen LogP contribution in [-0.2, 0) is 9.59 Å². The maximum atomic E-state index is 11.5. The van der Waals surface area contributed by atoms with Crippen LogP contribution < -0.4 is 0 Å². The Kier molecular flexibility index (Phi) is 5.67. The Labute approximate surface area is 98.2 Å². The SMILES string of the molecule is CCCN(CCC)C1CCC(=O)C(C=O)C1. The van der Waals surface area contributed by atoms with Crippen LogP contribution in [0.2, 0.25) is 0 Å². The molecule has 92 valence electrons. The van der Waals surface area contributed by atoms with Crippen molar-refractivity contribution in [3.63, 3.8) is 0 Å². The number of hydrogen-bond acceptors (Lipinski definition) is 3. The van der Waals surface area contributed by atoms with Crippen molar-refractivity contribution in [3.05, 3.63) is 0 Å². The van der Waals surface area contributed by atoms with Gasteiger partial charge in [-0.15, -0.1) is 0 Å². The van der Waals surface area contributed by atoms with Crippen LogP contribution in [0.25, 0.3) is 0 Å². The Hall–Kier alpha value is -0.700. The molecule has 0 heterocycles. The normalized spacial score (nSPS) is 26.1. The van der Waals surface area contributed by atoms with Crippen LogP contribution in [-0.4, -0.2) is 36.1 Å². The number of nitrogens with zero attached hydrogens (tertiary/aromatic N) is 1. The second kappa shape index (κ2) is 6.79. The Morgan fingerprint density at radius 2 is 1.94 bits per heavy atom. The highest BCUT2D eigenvalue weighted by atomic mass is 16.1. The summed E-state index contributed by atoms with van der Waals surface area (Å²) >= 11 is 0. The highest BCUT2D eigenvalue weighted by molar-refractivity contribution is 5.93. The van der Waals surface area contributed by atoms with Crippen molar-refractivity contribution >= 4 is 12.1 Å². The molecular formula is C13H23NO2. The molecule has 0 aliphatic heterocycles. The molecule has 1 saturated carbocycles. The molecule has 0 radical (unpaired) electrons. The molecule has 1 aliphatic carbocycles. The van der Waals surface area contributed by atoms with E-state index in [1.165, 1.54) is 0 Å². The number of Topliss-reactive ketones (excluding diaryl/α,β-unsaturated/α-hetero) is 1. The summed E-state index contributed by atoms with van der Waals surface area (Å²) in [4.78, 5) is 24.7. The topological polar surface area (TPSA) is 37.4 Å². The highest BCUT2D eigenvalue weighted by Gasteiger charge is 2.30. The van der Waals surface area contributed by atoms with E-state index in [9.17, 15) is 9.59 Å². The van der Waals surface area contributed by atoms with Gasteiger partial charge in [0.05, 0.1) is 5.92 Å². The van der Waals surface area contributed by atoms with Crippen molar-refractivity contribution in [2.45, 2.75) is 52.0 Å². The fraction of sp³-hybridized carbons (Fsp3) is 0.846. The van der Waals surface area contributed by atoms with E-state index in [0.717, 1.165) is 45.1 Å². The fourth-order valence-electron chi connectivity index (χ4n) is 2.55. The van der Waals surface area contributed by atoms with Crippen LogP contribution in [0.1, 0.15) is 46.0 Å². The Morgan fingerprint density at radius 1 is 1.31 bits per heavy atom. The van der Waals surface area contributed by atoms with E-state index in [1.807, 2.05) is 0 Å². The summed E-state index contributed by atoms with van der Waals surface area (Å²) in [6.07, 6.45) is 5.36. The summed E-state index contributed by atoms with van der Waals surface area (Å²) in [5.41, 5.74) is 0. The van der Waals surface area contributed by atoms with Gasteiger partial charge >= 0.3 is 0 Å². The lowest BCUT2D eigenvalue weighted by Crippen LogP contribution is -2.42. The van der Waals surface area contributed by atoms with Crippen LogP contribution in [0.15, 0.2) is 0 Å². The zero-order valence-corrected chi connectivity index (χ0v) is 10.4. The third-order valence-corrected chi connectivity index (χ3v) is 3.37. The molecule has 0 aromatic carbocycles. The maximum Gasteiger partial charge on any atom is 0.143 e. The lowest BCUT2D eigenvalue weighted by atomic mass is 9.84. The molecule has 0 amide bonds. The minimum absolute atomic E-state index is 0.138. The van der Waals surface area contributed by atoms with E-state index in [0.29, 0.717) is 12.5 Å². The molecule has 3 nitrogen and oxygen atoms in total. The van der Waals surface area contributed by atoms with Crippen molar-refractivity contribution < 1.29 is 9.59 Å². The molecule has 2 atom stereocenters. The molecule has 1 rings (SSSR count). The van der Waals surface area contributed by atoms with Crippen molar-refractivity contribution in [1.29, 1.82) is 0 Å². The molecule has 0 aromatic rings. The van der Waals surface area contributed by atoms with Gasteiger partial charge in [0.1, 0.15) is 12.1 Å². The minimum Gasteiger partial charge on any atom is -0.303 e. The van der Waals surface area contributed by atoms with E-state index in [1.54, 1.807) is 0 Å². The second-order valence-electron chi connectivity index (χ2n) is 4.67. The number of ketones is 1. The minimum atomic E-state index is -0.338. The van der Waals surface area contributed by atoms with Crippen molar-refractivity contribution in [2.24, 2.45) is 5.92 Å². The van der Waals surface area contributed by atoms with Crippen LogP contribution in [0.5, 0.6) is 0 Å². The average Bonchev–Trinajstić information content (AvgIpc) is 2.29. The molecule has 2 unspecified atom stereocenters. The largest absolute Gasteiger partial charge is 0.303 e. The molecule has 0 bridgehead atoms. The number of carbonyl (C=O) groups excluding carboxylic acids is 2. The number of hydrogen-bond donors (Lipinski definition) is 0. The average molecular weight is 225 g/mol. The van der Waals surface area contributed by atoms with E-state index >= 15 is 0 Å². The van der Waals surface area contributed by atoms with Gasteiger partial charge in [0, 0.05) is 12.5 Å². The van der Waals surface area contributed by atoms with Gasteiger partial charge in [0.2, 0.25) is 0 Å². The summed E-state index contributed by atoms with van der Waals surface area (Å²) in [6, 6.07) is 0.438. The molecule has 0 spiro atoms. The monoisotopic (exact) mass is 225 g/mol. The zero-order valence-electron chi connectivity index (χ0n) is 10.4. The summed E-state index contributed by atoms with van der Waals surface area (Å²) in [5.74, 6) is -0.200. The number of aldehydes is 1. The quantitative estimate of drug-likeness (QED) is 0.513. The lowest BCUT2D eigenvalue weighted by Gasteiger charge is -2.35. The summed E-state index contributed by atoms with van der Waals surface area (Å²) < 4.78 is 0. The van der Waals surface area contributed by atoms with Gasteiger partial charge in [0.15, 0.2) is 0 Å². The van der Waals surface area contributed by atoms with Gasteiger partial charge in [0.25, 0.3) is 0 Å². The van der Waals surface area contributed by atoms with Gasteiger partial charge in [-0.25, -0.2) is 0 Å². The smallest absolute Gasteiger partial charge is 0.143 e. The standard InChI is InChI=1S/C13H23NO2/c1-3-7-14(8-4-2)12-5-6-13(16)11(9-12)10-15/h10-12H,3-9H2,1-2H3. The van der Waals surface area contributed by atoms with Gasteiger partial charge in [-0.1, -0.05) is 13.8 Å². The van der Waals surface area contributed by atoms with E-state index in [4.69, 9.17) is 0 Å².